The van der Waals surface area contributed by atoms with E-state index in [4.69, 9.17) is 11.6 Å². The van der Waals surface area contributed by atoms with E-state index in [1.807, 2.05) is 54.6 Å². The minimum absolute atomic E-state index is 0.0279. The summed E-state index contributed by atoms with van der Waals surface area (Å²) in [6.45, 7) is 0. The molecule has 20 heavy (non-hydrogen) atoms. The van der Waals surface area contributed by atoms with Crippen LogP contribution in [0.4, 0.5) is 0 Å². The van der Waals surface area contributed by atoms with Crippen LogP contribution in [-0.2, 0) is 0 Å². The van der Waals surface area contributed by atoms with Gasteiger partial charge in [0.25, 0.3) is 0 Å². The van der Waals surface area contributed by atoms with Crippen LogP contribution in [-0.4, -0.2) is 16.1 Å². The molecule has 0 aliphatic rings. The minimum atomic E-state index is -1.09. The van der Waals surface area contributed by atoms with Crippen molar-refractivity contribution in [2.24, 2.45) is 0 Å². The van der Waals surface area contributed by atoms with Crippen molar-refractivity contribution >= 4 is 28.3 Å². The van der Waals surface area contributed by atoms with Crippen LogP contribution >= 0.6 is 11.6 Å². The molecule has 0 amide bonds. The molecule has 0 fully saturated rings. The van der Waals surface area contributed by atoms with Crippen LogP contribution < -0.4 is 0 Å². The Hall–Kier alpha value is -2.39. The van der Waals surface area contributed by atoms with Gasteiger partial charge in [-0.3, -0.25) is 0 Å². The van der Waals surface area contributed by atoms with Gasteiger partial charge in [-0.15, -0.1) is 0 Å². The van der Waals surface area contributed by atoms with Gasteiger partial charge in [0.15, 0.2) is 5.69 Å². The van der Waals surface area contributed by atoms with Crippen molar-refractivity contribution in [2.75, 3.05) is 0 Å². The van der Waals surface area contributed by atoms with Crippen LogP contribution in [0.3, 0.4) is 0 Å². The molecule has 0 atom stereocenters. The van der Waals surface area contributed by atoms with Crippen molar-refractivity contribution in [1.29, 1.82) is 0 Å². The maximum Gasteiger partial charge on any atom is 0.355 e. The predicted octanol–water partition coefficient (Wildman–Crippen LogP) is 4.25. The number of aromatic nitrogens is 1. The smallest absolute Gasteiger partial charge is 0.355 e. The lowest BCUT2D eigenvalue weighted by atomic mass is 9.97. The highest BCUT2D eigenvalue weighted by atomic mass is 35.5. The lowest BCUT2D eigenvalue weighted by molar-refractivity contribution is 0.0691. The van der Waals surface area contributed by atoms with Gasteiger partial charge in [-0.1, -0.05) is 66.2 Å². The molecule has 2 aromatic carbocycles. The highest BCUT2D eigenvalue weighted by Crippen LogP contribution is 2.34. The van der Waals surface area contributed by atoms with Crippen molar-refractivity contribution in [3.8, 4) is 11.1 Å². The number of carboxylic acids is 1. The lowest BCUT2D eigenvalue weighted by Crippen LogP contribution is -2.04. The van der Waals surface area contributed by atoms with Crippen LogP contribution in [0.1, 0.15) is 10.5 Å². The van der Waals surface area contributed by atoms with Crippen LogP contribution in [0.5, 0.6) is 0 Å². The zero-order chi connectivity index (χ0) is 14.1. The van der Waals surface area contributed by atoms with E-state index in [9.17, 15) is 9.90 Å². The molecule has 4 heteroatoms. The molecular formula is C16H10ClNO2. The summed E-state index contributed by atoms with van der Waals surface area (Å²) in [5.74, 6) is -1.09. The van der Waals surface area contributed by atoms with Gasteiger partial charge < -0.3 is 5.11 Å². The van der Waals surface area contributed by atoms with Crippen molar-refractivity contribution in [3.05, 3.63) is 65.4 Å². The van der Waals surface area contributed by atoms with Gasteiger partial charge in [0.05, 0.1) is 0 Å². The largest absolute Gasteiger partial charge is 0.476 e. The first-order valence-corrected chi connectivity index (χ1v) is 6.43. The summed E-state index contributed by atoms with van der Waals surface area (Å²) >= 11 is 6.09. The maximum absolute atomic E-state index is 11.5. The summed E-state index contributed by atoms with van der Waals surface area (Å²) in [6.07, 6.45) is 0. The summed E-state index contributed by atoms with van der Waals surface area (Å²) in [7, 11) is 0. The normalized spacial score (nSPS) is 10.7. The quantitative estimate of drug-likeness (QED) is 0.715. The van der Waals surface area contributed by atoms with E-state index < -0.39 is 5.97 Å². The monoisotopic (exact) mass is 283 g/mol. The highest BCUT2D eigenvalue weighted by Gasteiger charge is 2.18. The van der Waals surface area contributed by atoms with Crippen LogP contribution in [0.25, 0.3) is 21.9 Å². The standard InChI is InChI=1S/C16H10ClNO2/c17-15-12-9-5-4-8-11(12)13(14(18-15)16(19)20)10-6-2-1-3-7-10/h1-9H,(H,19,20). The fraction of sp³-hybridized carbons (Fsp3) is 0. The van der Waals surface area contributed by atoms with Crippen LogP contribution in [0.15, 0.2) is 54.6 Å². The molecule has 3 aromatic rings. The Kier molecular flexibility index (Phi) is 3.12. The first-order chi connectivity index (χ1) is 9.68. The molecule has 0 radical (unpaired) electrons. The molecule has 0 saturated heterocycles. The number of carboxylic acid groups (broad SMARTS) is 1. The summed E-state index contributed by atoms with van der Waals surface area (Å²) < 4.78 is 0. The van der Waals surface area contributed by atoms with Gasteiger partial charge >= 0.3 is 5.97 Å². The molecule has 0 spiro atoms. The highest BCUT2D eigenvalue weighted by molar-refractivity contribution is 6.35. The number of rotatable bonds is 2. The van der Waals surface area contributed by atoms with E-state index in [-0.39, 0.29) is 10.8 Å². The molecule has 1 aromatic heterocycles. The zero-order valence-electron chi connectivity index (χ0n) is 10.4. The summed E-state index contributed by atoms with van der Waals surface area (Å²) in [6, 6.07) is 16.8. The Morgan fingerprint density at radius 1 is 0.950 bits per heavy atom. The predicted molar refractivity (Wildman–Crippen MR) is 79.1 cm³/mol. The molecule has 3 rings (SSSR count). The Labute approximate surface area is 120 Å². The average molecular weight is 284 g/mol. The van der Waals surface area contributed by atoms with Gasteiger partial charge in [-0.05, 0) is 10.9 Å². The molecule has 0 bridgehead atoms. The Morgan fingerprint density at radius 2 is 1.55 bits per heavy atom. The van der Waals surface area contributed by atoms with E-state index in [2.05, 4.69) is 4.98 Å². The Morgan fingerprint density at radius 3 is 2.20 bits per heavy atom. The van der Waals surface area contributed by atoms with Crippen LogP contribution in [0.2, 0.25) is 5.15 Å². The number of nitrogens with zero attached hydrogens (tertiary/aromatic N) is 1. The molecule has 0 unspecified atom stereocenters. The fourth-order valence-corrected chi connectivity index (χ4v) is 2.52. The van der Waals surface area contributed by atoms with Crippen molar-refractivity contribution in [3.63, 3.8) is 0 Å². The van der Waals surface area contributed by atoms with Crippen LogP contribution in [0, 0.1) is 0 Å². The third-order valence-electron chi connectivity index (χ3n) is 3.13. The Bertz CT molecular complexity index is 800. The number of hydrogen-bond donors (Lipinski definition) is 1. The molecule has 1 N–H and O–H groups in total. The second-order valence-corrected chi connectivity index (χ2v) is 4.70. The second kappa shape index (κ2) is 4.94. The number of fused-ring (bicyclic) bond motifs is 1. The van der Waals surface area contributed by atoms with Gasteiger partial charge in [-0.25, -0.2) is 9.78 Å². The summed E-state index contributed by atoms with van der Waals surface area (Å²) in [4.78, 5) is 15.5. The number of pyridine rings is 1. The Balaban J connectivity index is 2.47. The first-order valence-electron chi connectivity index (χ1n) is 6.05. The minimum Gasteiger partial charge on any atom is -0.476 e. The molecule has 0 aliphatic heterocycles. The SMILES string of the molecule is O=C(O)c1nc(Cl)c2ccccc2c1-c1ccccc1. The van der Waals surface area contributed by atoms with Crippen molar-refractivity contribution in [1.82, 2.24) is 4.98 Å². The topological polar surface area (TPSA) is 50.2 Å². The van der Waals surface area contributed by atoms with Gasteiger partial charge in [0, 0.05) is 10.9 Å². The summed E-state index contributed by atoms with van der Waals surface area (Å²) in [5, 5.41) is 11.1. The maximum atomic E-state index is 11.5. The molecule has 1 heterocycles. The van der Waals surface area contributed by atoms with E-state index in [0.717, 1.165) is 16.3 Å². The third-order valence-corrected chi connectivity index (χ3v) is 3.42. The van der Waals surface area contributed by atoms with E-state index in [1.54, 1.807) is 0 Å². The molecule has 98 valence electrons. The number of carbonyl (C=O) groups is 1. The molecule has 0 saturated carbocycles. The van der Waals surface area contributed by atoms with E-state index in [1.165, 1.54) is 0 Å². The molecule has 3 nitrogen and oxygen atoms in total. The van der Waals surface area contributed by atoms with E-state index >= 15 is 0 Å². The van der Waals surface area contributed by atoms with Crippen molar-refractivity contribution < 1.29 is 9.90 Å². The first kappa shape index (κ1) is 12.6. The molecular weight excluding hydrogens is 274 g/mol. The number of benzene rings is 2. The van der Waals surface area contributed by atoms with E-state index in [0.29, 0.717) is 5.56 Å². The lowest BCUT2D eigenvalue weighted by Gasteiger charge is -2.11. The van der Waals surface area contributed by atoms with Gasteiger partial charge in [0.2, 0.25) is 0 Å². The van der Waals surface area contributed by atoms with Crippen molar-refractivity contribution in [2.45, 2.75) is 0 Å². The number of halogens is 1. The number of hydrogen-bond acceptors (Lipinski definition) is 2. The second-order valence-electron chi connectivity index (χ2n) is 4.34. The number of aromatic carboxylic acids is 1. The fourth-order valence-electron chi connectivity index (χ4n) is 2.27. The average Bonchev–Trinajstić information content (AvgIpc) is 2.48. The molecule has 0 aliphatic carbocycles. The third kappa shape index (κ3) is 2.02. The van der Waals surface area contributed by atoms with Gasteiger partial charge in [-0.2, -0.15) is 0 Å². The van der Waals surface area contributed by atoms with Gasteiger partial charge in [0.1, 0.15) is 5.15 Å². The zero-order valence-corrected chi connectivity index (χ0v) is 11.1. The summed E-state index contributed by atoms with van der Waals surface area (Å²) in [5.41, 5.74) is 1.38.